The van der Waals surface area contributed by atoms with E-state index in [0.29, 0.717) is 12.5 Å². The molecule has 1 aromatic heterocycles. The first-order valence-corrected chi connectivity index (χ1v) is 8.39. The molecule has 1 aliphatic carbocycles. The highest BCUT2D eigenvalue weighted by atomic mass is 32.1. The van der Waals surface area contributed by atoms with Crippen LogP contribution in [-0.2, 0) is 0 Å². The summed E-state index contributed by atoms with van der Waals surface area (Å²) in [5, 5.41) is 2.90. The Morgan fingerprint density at radius 2 is 2.14 bits per heavy atom. The SMILES string of the molecule is Cc1cc(OC(F)F)c(C(=O)NC(CN)C2CCCCC2)s1. The molecular weight excluding hydrogens is 310 g/mol. The maximum atomic E-state index is 12.4. The zero-order chi connectivity index (χ0) is 16.1. The molecule has 4 nitrogen and oxygen atoms in total. The van der Waals surface area contributed by atoms with E-state index in [-0.39, 0.29) is 22.6 Å². The van der Waals surface area contributed by atoms with Crippen LogP contribution in [0.4, 0.5) is 8.78 Å². The summed E-state index contributed by atoms with van der Waals surface area (Å²) in [6.07, 6.45) is 5.61. The van der Waals surface area contributed by atoms with E-state index in [2.05, 4.69) is 10.1 Å². The van der Waals surface area contributed by atoms with Gasteiger partial charge < -0.3 is 15.8 Å². The number of amides is 1. The summed E-state index contributed by atoms with van der Waals surface area (Å²) >= 11 is 1.15. The molecule has 3 N–H and O–H groups in total. The molecular formula is C15H22F2N2O2S. The van der Waals surface area contributed by atoms with Gasteiger partial charge in [0.2, 0.25) is 0 Å². The van der Waals surface area contributed by atoms with Crippen LogP contribution in [0.1, 0.15) is 46.7 Å². The number of carbonyl (C=O) groups is 1. The monoisotopic (exact) mass is 332 g/mol. The van der Waals surface area contributed by atoms with Crippen molar-refractivity contribution in [3.05, 3.63) is 15.8 Å². The van der Waals surface area contributed by atoms with Gasteiger partial charge in [-0.2, -0.15) is 8.78 Å². The Balaban J connectivity index is 2.06. The molecule has 1 unspecified atom stereocenters. The molecule has 0 aliphatic heterocycles. The first-order valence-electron chi connectivity index (χ1n) is 7.57. The average molecular weight is 332 g/mol. The zero-order valence-electron chi connectivity index (χ0n) is 12.6. The van der Waals surface area contributed by atoms with Crippen molar-refractivity contribution < 1.29 is 18.3 Å². The number of hydrogen-bond donors (Lipinski definition) is 2. The Labute approximate surface area is 133 Å². The molecule has 0 radical (unpaired) electrons. The number of alkyl halides is 2. The van der Waals surface area contributed by atoms with E-state index >= 15 is 0 Å². The van der Waals surface area contributed by atoms with E-state index in [1.54, 1.807) is 6.92 Å². The van der Waals surface area contributed by atoms with Crippen molar-refractivity contribution in [2.24, 2.45) is 11.7 Å². The van der Waals surface area contributed by atoms with Crippen molar-refractivity contribution in [3.8, 4) is 5.75 Å². The fourth-order valence-electron chi connectivity index (χ4n) is 2.97. The highest BCUT2D eigenvalue weighted by molar-refractivity contribution is 7.14. The standard InChI is InChI=1S/C15H22F2N2O2S/c1-9-7-12(21-15(16)17)13(22-9)14(20)19-11(8-18)10-5-3-2-4-6-10/h7,10-11,15H,2-6,8,18H2,1H3,(H,19,20). The number of carbonyl (C=O) groups excluding carboxylic acids is 1. The number of nitrogens with two attached hydrogens (primary N) is 1. The quantitative estimate of drug-likeness (QED) is 0.840. The van der Waals surface area contributed by atoms with Gasteiger partial charge in [-0.1, -0.05) is 19.3 Å². The fraction of sp³-hybridized carbons (Fsp3) is 0.667. The molecule has 1 heterocycles. The van der Waals surface area contributed by atoms with Crippen molar-refractivity contribution >= 4 is 17.2 Å². The minimum atomic E-state index is -2.94. The topological polar surface area (TPSA) is 64.3 Å². The van der Waals surface area contributed by atoms with Crippen molar-refractivity contribution in [1.29, 1.82) is 0 Å². The predicted molar refractivity (Wildman–Crippen MR) is 82.6 cm³/mol. The molecule has 1 amide bonds. The van der Waals surface area contributed by atoms with Gasteiger partial charge in [0.15, 0.2) is 0 Å². The third-order valence-electron chi connectivity index (χ3n) is 4.03. The molecule has 0 bridgehead atoms. The Bertz CT molecular complexity index is 502. The molecule has 1 saturated carbocycles. The lowest BCUT2D eigenvalue weighted by Gasteiger charge is -2.30. The van der Waals surface area contributed by atoms with Gasteiger partial charge in [-0.15, -0.1) is 11.3 Å². The third kappa shape index (κ3) is 4.39. The van der Waals surface area contributed by atoms with Gasteiger partial charge in [-0.3, -0.25) is 4.79 Å². The van der Waals surface area contributed by atoms with Gasteiger partial charge in [0.05, 0.1) is 0 Å². The third-order valence-corrected chi connectivity index (χ3v) is 5.06. The second-order valence-electron chi connectivity index (χ2n) is 5.64. The average Bonchev–Trinajstić information content (AvgIpc) is 2.85. The lowest BCUT2D eigenvalue weighted by molar-refractivity contribution is -0.0498. The zero-order valence-corrected chi connectivity index (χ0v) is 13.4. The molecule has 124 valence electrons. The lowest BCUT2D eigenvalue weighted by Crippen LogP contribution is -2.45. The fourth-order valence-corrected chi connectivity index (χ4v) is 3.82. The molecule has 1 aromatic rings. The predicted octanol–water partition coefficient (Wildman–Crippen LogP) is 3.30. The number of aryl methyl sites for hydroxylation is 1. The number of rotatable bonds is 6. The molecule has 0 aromatic carbocycles. The number of hydrogen-bond acceptors (Lipinski definition) is 4. The smallest absolute Gasteiger partial charge is 0.387 e. The van der Waals surface area contributed by atoms with Crippen LogP contribution in [0.5, 0.6) is 5.75 Å². The number of thiophene rings is 1. The molecule has 2 rings (SSSR count). The summed E-state index contributed by atoms with van der Waals surface area (Å²) < 4.78 is 29.3. The van der Waals surface area contributed by atoms with E-state index in [4.69, 9.17) is 5.73 Å². The van der Waals surface area contributed by atoms with Crippen molar-refractivity contribution in [1.82, 2.24) is 5.32 Å². The molecule has 0 saturated heterocycles. The maximum Gasteiger partial charge on any atom is 0.387 e. The van der Waals surface area contributed by atoms with Gasteiger partial charge in [0, 0.05) is 17.5 Å². The lowest BCUT2D eigenvalue weighted by atomic mass is 9.84. The van der Waals surface area contributed by atoms with E-state index in [0.717, 1.165) is 41.9 Å². The summed E-state index contributed by atoms with van der Waals surface area (Å²) in [7, 11) is 0. The van der Waals surface area contributed by atoms with Crippen LogP contribution in [0.2, 0.25) is 0 Å². The van der Waals surface area contributed by atoms with E-state index in [1.807, 2.05) is 0 Å². The van der Waals surface area contributed by atoms with Gasteiger partial charge in [0.1, 0.15) is 10.6 Å². The largest absolute Gasteiger partial charge is 0.433 e. The second-order valence-corrected chi connectivity index (χ2v) is 6.90. The molecule has 22 heavy (non-hydrogen) atoms. The molecule has 7 heteroatoms. The summed E-state index contributed by atoms with van der Waals surface area (Å²) in [4.78, 5) is 13.3. The number of ether oxygens (including phenoxy) is 1. The van der Waals surface area contributed by atoms with E-state index < -0.39 is 6.61 Å². The van der Waals surface area contributed by atoms with Gasteiger partial charge in [-0.25, -0.2) is 0 Å². The first kappa shape index (κ1) is 17.1. The van der Waals surface area contributed by atoms with Crippen LogP contribution >= 0.6 is 11.3 Å². The molecule has 1 aliphatic rings. The number of nitrogens with one attached hydrogen (secondary N) is 1. The Hall–Kier alpha value is -1.21. The molecule has 0 spiro atoms. The van der Waals surface area contributed by atoms with Crippen molar-refractivity contribution in [3.63, 3.8) is 0 Å². The van der Waals surface area contributed by atoms with Crippen molar-refractivity contribution in [2.45, 2.75) is 51.7 Å². The summed E-state index contributed by atoms with van der Waals surface area (Å²) in [6, 6.07) is 1.35. The van der Waals surface area contributed by atoms with Crippen LogP contribution in [0.15, 0.2) is 6.07 Å². The minimum Gasteiger partial charge on any atom is -0.433 e. The molecule has 1 fully saturated rings. The van der Waals surface area contributed by atoms with Crippen LogP contribution in [0, 0.1) is 12.8 Å². The van der Waals surface area contributed by atoms with Crippen LogP contribution in [0.25, 0.3) is 0 Å². The minimum absolute atomic E-state index is 0.0607. The van der Waals surface area contributed by atoms with Gasteiger partial charge >= 0.3 is 6.61 Å². The van der Waals surface area contributed by atoms with E-state index in [9.17, 15) is 13.6 Å². The normalized spacial score (nSPS) is 17.5. The van der Waals surface area contributed by atoms with Crippen molar-refractivity contribution in [2.75, 3.05) is 6.54 Å². The van der Waals surface area contributed by atoms with E-state index in [1.165, 1.54) is 12.5 Å². The molecule has 1 atom stereocenters. The summed E-state index contributed by atoms with van der Waals surface area (Å²) in [5.41, 5.74) is 5.79. The van der Waals surface area contributed by atoms with Crippen LogP contribution < -0.4 is 15.8 Å². The Morgan fingerprint density at radius 1 is 1.45 bits per heavy atom. The highest BCUT2D eigenvalue weighted by Gasteiger charge is 2.26. The number of halogens is 2. The highest BCUT2D eigenvalue weighted by Crippen LogP contribution is 2.31. The van der Waals surface area contributed by atoms with Gasteiger partial charge in [-0.05, 0) is 31.7 Å². The van der Waals surface area contributed by atoms with Crippen LogP contribution in [-0.4, -0.2) is 25.1 Å². The second kappa shape index (κ2) is 7.87. The van der Waals surface area contributed by atoms with Crippen LogP contribution in [0.3, 0.4) is 0 Å². The summed E-state index contributed by atoms with van der Waals surface area (Å²) in [5.74, 6) is -0.0765. The maximum absolute atomic E-state index is 12.4. The Kier molecular flexibility index (Phi) is 6.14. The summed E-state index contributed by atoms with van der Waals surface area (Å²) in [6.45, 7) is -0.836. The van der Waals surface area contributed by atoms with Gasteiger partial charge in [0.25, 0.3) is 5.91 Å². The Morgan fingerprint density at radius 3 is 2.73 bits per heavy atom. The first-order chi connectivity index (χ1) is 10.5.